The monoisotopic (exact) mass is 306 g/mol. The van der Waals surface area contributed by atoms with Gasteiger partial charge >= 0.3 is 0 Å². The number of halogens is 2. The number of rotatable bonds is 4. The number of nitrogens with zero attached hydrogens (tertiary/aromatic N) is 1. The first-order valence-electron chi connectivity index (χ1n) is 6.47. The van der Waals surface area contributed by atoms with E-state index >= 15 is 0 Å². The molecular formula is C16H16ClFN2O. The maximum atomic E-state index is 13.4. The van der Waals surface area contributed by atoms with E-state index < -0.39 is 5.82 Å². The standard InChI is InChI=1S/C16H16ClFN2O/c1-20(2)16(21)12-4-3-5-13(9-12)19-10-11-6-7-14(17)15(18)8-11/h3-9,19H,10H2,1-2H3. The van der Waals surface area contributed by atoms with Crippen molar-refractivity contribution in [2.75, 3.05) is 19.4 Å². The summed E-state index contributed by atoms with van der Waals surface area (Å²) in [6, 6.07) is 11.9. The predicted octanol–water partition coefficient (Wildman–Crippen LogP) is 3.79. The van der Waals surface area contributed by atoms with E-state index in [1.54, 1.807) is 32.3 Å². The summed E-state index contributed by atoms with van der Waals surface area (Å²) < 4.78 is 13.4. The summed E-state index contributed by atoms with van der Waals surface area (Å²) in [4.78, 5) is 13.4. The van der Waals surface area contributed by atoms with Gasteiger partial charge in [-0.2, -0.15) is 0 Å². The van der Waals surface area contributed by atoms with Crippen LogP contribution in [0.3, 0.4) is 0 Å². The van der Waals surface area contributed by atoms with E-state index in [2.05, 4.69) is 5.32 Å². The lowest BCUT2D eigenvalue weighted by Gasteiger charge is -2.12. The van der Waals surface area contributed by atoms with Gasteiger partial charge in [0.15, 0.2) is 0 Å². The van der Waals surface area contributed by atoms with Gasteiger partial charge in [-0.25, -0.2) is 4.39 Å². The number of carbonyl (C=O) groups excluding carboxylic acids is 1. The lowest BCUT2D eigenvalue weighted by Crippen LogP contribution is -2.21. The third-order valence-electron chi connectivity index (χ3n) is 3.00. The summed E-state index contributed by atoms with van der Waals surface area (Å²) >= 11 is 5.65. The first kappa shape index (κ1) is 15.3. The van der Waals surface area contributed by atoms with Crippen molar-refractivity contribution in [3.8, 4) is 0 Å². The molecule has 21 heavy (non-hydrogen) atoms. The molecule has 0 saturated carbocycles. The molecule has 0 bridgehead atoms. The van der Waals surface area contributed by atoms with Crippen molar-refractivity contribution in [3.63, 3.8) is 0 Å². The Morgan fingerprint density at radius 2 is 2.00 bits per heavy atom. The van der Waals surface area contributed by atoms with Gasteiger partial charge in [-0.3, -0.25) is 4.79 Å². The molecule has 5 heteroatoms. The van der Waals surface area contributed by atoms with Crippen molar-refractivity contribution in [2.45, 2.75) is 6.54 Å². The van der Waals surface area contributed by atoms with Crippen LogP contribution in [0.5, 0.6) is 0 Å². The number of hydrogen-bond donors (Lipinski definition) is 1. The van der Waals surface area contributed by atoms with Crippen LogP contribution < -0.4 is 5.32 Å². The summed E-state index contributed by atoms with van der Waals surface area (Å²) in [5.41, 5.74) is 2.19. The molecule has 0 atom stereocenters. The molecule has 0 spiro atoms. The largest absolute Gasteiger partial charge is 0.381 e. The fraction of sp³-hybridized carbons (Fsp3) is 0.188. The number of amides is 1. The Kier molecular flexibility index (Phi) is 4.81. The molecular weight excluding hydrogens is 291 g/mol. The van der Waals surface area contributed by atoms with Crippen LogP contribution in [0.15, 0.2) is 42.5 Å². The second kappa shape index (κ2) is 6.59. The van der Waals surface area contributed by atoms with Gasteiger partial charge < -0.3 is 10.2 Å². The van der Waals surface area contributed by atoms with Gasteiger partial charge in [0, 0.05) is 31.9 Å². The topological polar surface area (TPSA) is 32.3 Å². The second-order valence-electron chi connectivity index (χ2n) is 4.88. The zero-order valence-electron chi connectivity index (χ0n) is 11.9. The average Bonchev–Trinajstić information content (AvgIpc) is 2.48. The third kappa shape index (κ3) is 3.95. The van der Waals surface area contributed by atoms with E-state index in [0.29, 0.717) is 12.1 Å². The molecule has 110 valence electrons. The van der Waals surface area contributed by atoms with E-state index in [9.17, 15) is 9.18 Å². The van der Waals surface area contributed by atoms with Gasteiger partial charge in [0.2, 0.25) is 0 Å². The molecule has 1 amide bonds. The van der Waals surface area contributed by atoms with Crippen molar-refractivity contribution in [1.82, 2.24) is 4.90 Å². The molecule has 0 saturated heterocycles. The zero-order valence-corrected chi connectivity index (χ0v) is 12.6. The smallest absolute Gasteiger partial charge is 0.253 e. The summed E-state index contributed by atoms with van der Waals surface area (Å²) in [7, 11) is 3.41. The van der Waals surface area contributed by atoms with Crippen molar-refractivity contribution in [2.24, 2.45) is 0 Å². The van der Waals surface area contributed by atoms with E-state index in [0.717, 1.165) is 11.3 Å². The third-order valence-corrected chi connectivity index (χ3v) is 3.30. The van der Waals surface area contributed by atoms with Crippen LogP contribution in [0.2, 0.25) is 5.02 Å². The Bertz CT molecular complexity index is 658. The van der Waals surface area contributed by atoms with E-state index in [-0.39, 0.29) is 10.9 Å². The summed E-state index contributed by atoms with van der Waals surface area (Å²) in [6.07, 6.45) is 0. The lowest BCUT2D eigenvalue weighted by molar-refractivity contribution is 0.0827. The van der Waals surface area contributed by atoms with Crippen molar-refractivity contribution in [3.05, 3.63) is 64.4 Å². The lowest BCUT2D eigenvalue weighted by atomic mass is 10.1. The Morgan fingerprint density at radius 1 is 1.24 bits per heavy atom. The van der Waals surface area contributed by atoms with Crippen LogP contribution in [0.25, 0.3) is 0 Å². The summed E-state index contributed by atoms with van der Waals surface area (Å²) in [5.74, 6) is -0.497. The van der Waals surface area contributed by atoms with E-state index in [1.165, 1.54) is 17.0 Å². The highest BCUT2D eigenvalue weighted by molar-refractivity contribution is 6.30. The number of hydrogen-bond acceptors (Lipinski definition) is 2. The molecule has 1 N–H and O–H groups in total. The minimum atomic E-state index is -0.437. The fourth-order valence-electron chi connectivity index (χ4n) is 1.87. The summed E-state index contributed by atoms with van der Waals surface area (Å²) in [6.45, 7) is 0.452. The average molecular weight is 307 g/mol. The normalized spacial score (nSPS) is 10.3. The van der Waals surface area contributed by atoms with Gasteiger partial charge in [-0.05, 0) is 35.9 Å². The Balaban J connectivity index is 2.08. The highest BCUT2D eigenvalue weighted by Gasteiger charge is 2.08. The number of nitrogens with one attached hydrogen (secondary N) is 1. The molecule has 3 nitrogen and oxygen atoms in total. The maximum Gasteiger partial charge on any atom is 0.253 e. The van der Waals surface area contributed by atoms with Crippen LogP contribution in [0, 0.1) is 5.82 Å². The number of anilines is 1. The minimum Gasteiger partial charge on any atom is -0.381 e. The van der Waals surface area contributed by atoms with Crippen LogP contribution >= 0.6 is 11.6 Å². The zero-order chi connectivity index (χ0) is 15.4. The van der Waals surface area contributed by atoms with Crippen LogP contribution in [0.1, 0.15) is 15.9 Å². The van der Waals surface area contributed by atoms with Gasteiger partial charge in [0.1, 0.15) is 5.82 Å². The fourth-order valence-corrected chi connectivity index (χ4v) is 1.99. The molecule has 2 rings (SSSR count). The van der Waals surface area contributed by atoms with Crippen molar-refractivity contribution in [1.29, 1.82) is 0 Å². The first-order valence-corrected chi connectivity index (χ1v) is 6.84. The predicted molar refractivity (Wildman–Crippen MR) is 83.2 cm³/mol. The highest BCUT2D eigenvalue weighted by atomic mass is 35.5. The van der Waals surface area contributed by atoms with Gasteiger partial charge in [0.05, 0.1) is 5.02 Å². The Morgan fingerprint density at radius 3 is 2.67 bits per heavy atom. The highest BCUT2D eigenvalue weighted by Crippen LogP contribution is 2.17. The summed E-state index contributed by atoms with van der Waals surface area (Å²) in [5, 5.41) is 3.27. The SMILES string of the molecule is CN(C)C(=O)c1cccc(NCc2ccc(Cl)c(F)c2)c1. The van der Waals surface area contributed by atoms with Crippen molar-refractivity contribution < 1.29 is 9.18 Å². The minimum absolute atomic E-state index is 0.0591. The van der Waals surface area contributed by atoms with E-state index in [1.807, 2.05) is 12.1 Å². The molecule has 0 aliphatic carbocycles. The molecule has 0 heterocycles. The van der Waals surface area contributed by atoms with Gasteiger partial charge in [-0.1, -0.05) is 23.7 Å². The van der Waals surface area contributed by atoms with Crippen LogP contribution in [-0.2, 0) is 6.54 Å². The number of carbonyl (C=O) groups is 1. The van der Waals surface area contributed by atoms with Crippen LogP contribution in [-0.4, -0.2) is 24.9 Å². The van der Waals surface area contributed by atoms with E-state index in [4.69, 9.17) is 11.6 Å². The van der Waals surface area contributed by atoms with Crippen molar-refractivity contribution >= 4 is 23.2 Å². The van der Waals surface area contributed by atoms with Gasteiger partial charge in [-0.15, -0.1) is 0 Å². The van der Waals surface area contributed by atoms with Gasteiger partial charge in [0.25, 0.3) is 5.91 Å². The molecule has 0 radical (unpaired) electrons. The maximum absolute atomic E-state index is 13.4. The molecule has 0 unspecified atom stereocenters. The van der Waals surface area contributed by atoms with Crippen LogP contribution in [0.4, 0.5) is 10.1 Å². The number of benzene rings is 2. The molecule has 0 fully saturated rings. The quantitative estimate of drug-likeness (QED) is 0.932. The molecule has 0 aliphatic heterocycles. The second-order valence-corrected chi connectivity index (χ2v) is 5.29. The molecule has 2 aromatic rings. The molecule has 2 aromatic carbocycles. The molecule has 0 aliphatic rings. The molecule has 0 aromatic heterocycles. The first-order chi connectivity index (χ1) is 9.97. The Labute approximate surface area is 128 Å². The Hall–Kier alpha value is -2.07.